The largest absolute Gasteiger partial charge is 0.386 e. The van der Waals surface area contributed by atoms with Crippen LogP contribution in [0.2, 0.25) is 0 Å². The Morgan fingerprint density at radius 2 is 2.00 bits per heavy atom. The number of hydrogen-bond acceptors (Lipinski definition) is 3. The van der Waals surface area contributed by atoms with Crippen molar-refractivity contribution in [3.63, 3.8) is 0 Å². The summed E-state index contributed by atoms with van der Waals surface area (Å²) in [4.78, 5) is 9.76. The van der Waals surface area contributed by atoms with Crippen LogP contribution in [-0.2, 0) is 0 Å². The normalized spacial score (nSPS) is 18.9. The second-order valence-corrected chi connectivity index (χ2v) is 2.90. The van der Waals surface area contributed by atoms with E-state index in [4.69, 9.17) is 0 Å². The first-order valence-corrected chi connectivity index (χ1v) is 3.82. The molecule has 1 N–H and O–H groups in total. The molecule has 1 unspecified atom stereocenters. The van der Waals surface area contributed by atoms with E-state index in [0.717, 1.165) is 6.42 Å². The molecule has 66 valence electrons. The molecule has 11 heavy (non-hydrogen) atoms. The smallest absolute Gasteiger partial charge is 0.236 e. The molecular weight excluding hydrogens is 146 g/mol. The highest BCUT2D eigenvalue weighted by molar-refractivity contribution is 4.68. The molecule has 0 aromatic heterocycles. The summed E-state index contributed by atoms with van der Waals surface area (Å²) in [6.07, 6.45) is -0.0608. The molecular formula is C7H15NO3. The maximum atomic E-state index is 10.2. The molecule has 0 bridgehead atoms. The highest BCUT2D eigenvalue weighted by atomic mass is 16.6. The predicted molar refractivity (Wildman–Crippen MR) is 41.9 cm³/mol. The lowest BCUT2D eigenvalue weighted by Crippen LogP contribution is -2.35. The topological polar surface area (TPSA) is 63.4 Å². The number of aliphatic hydroxyl groups excluding tert-OH is 1. The number of nitro groups is 1. The molecule has 0 aliphatic heterocycles. The van der Waals surface area contributed by atoms with Gasteiger partial charge in [0.05, 0.1) is 0 Å². The third-order valence-corrected chi connectivity index (χ3v) is 2.05. The van der Waals surface area contributed by atoms with Gasteiger partial charge in [0.15, 0.2) is 0 Å². The monoisotopic (exact) mass is 161 g/mol. The van der Waals surface area contributed by atoms with Gasteiger partial charge in [-0.25, -0.2) is 0 Å². The van der Waals surface area contributed by atoms with E-state index in [-0.39, 0.29) is 5.92 Å². The molecule has 0 spiro atoms. The van der Waals surface area contributed by atoms with Crippen LogP contribution in [-0.4, -0.2) is 22.2 Å². The third-order valence-electron chi connectivity index (χ3n) is 2.05. The van der Waals surface area contributed by atoms with Crippen LogP contribution < -0.4 is 0 Å². The van der Waals surface area contributed by atoms with E-state index in [0.29, 0.717) is 0 Å². The van der Waals surface area contributed by atoms with Crippen molar-refractivity contribution in [2.24, 2.45) is 5.92 Å². The minimum atomic E-state index is -0.857. The van der Waals surface area contributed by atoms with Gasteiger partial charge in [0.2, 0.25) is 6.04 Å². The number of rotatable bonds is 4. The van der Waals surface area contributed by atoms with E-state index in [1.54, 1.807) is 0 Å². The van der Waals surface area contributed by atoms with Crippen molar-refractivity contribution in [3.05, 3.63) is 10.1 Å². The number of hydrogen-bond donors (Lipinski definition) is 1. The molecule has 4 nitrogen and oxygen atoms in total. The summed E-state index contributed by atoms with van der Waals surface area (Å²) >= 11 is 0. The van der Waals surface area contributed by atoms with Crippen LogP contribution >= 0.6 is 0 Å². The van der Waals surface area contributed by atoms with Crippen LogP contribution in [0.5, 0.6) is 0 Å². The Bertz CT molecular complexity index is 138. The van der Waals surface area contributed by atoms with Gasteiger partial charge in [-0.2, -0.15) is 0 Å². The zero-order valence-corrected chi connectivity index (χ0v) is 7.15. The molecule has 0 aromatic rings. The minimum Gasteiger partial charge on any atom is -0.386 e. The molecule has 0 saturated heterocycles. The Hall–Kier alpha value is -0.640. The molecule has 0 aliphatic rings. The van der Waals surface area contributed by atoms with Crippen molar-refractivity contribution in [2.75, 3.05) is 0 Å². The molecule has 0 fully saturated rings. The summed E-state index contributed by atoms with van der Waals surface area (Å²) in [6, 6.07) is -0.857. The van der Waals surface area contributed by atoms with Crippen LogP contribution in [0, 0.1) is 16.0 Å². The second kappa shape index (κ2) is 4.28. The highest BCUT2D eigenvalue weighted by Gasteiger charge is 2.27. The lowest BCUT2D eigenvalue weighted by atomic mass is 9.97. The number of nitrogens with zero attached hydrogens (tertiary/aromatic N) is 1. The van der Waals surface area contributed by atoms with Crippen LogP contribution in [0.1, 0.15) is 27.2 Å². The standard InChI is InChI=1S/C7H15NO3/c1-4-5(2)7(9)6(3)8(10)11/h5-7,9H,4H2,1-3H3/t5?,6-,7-/m0/s1. The Kier molecular flexibility index (Phi) is 4.03. The van der Waals surface area contributed by atoms with E-state index < -0.39 is 17.1 Å². The Balaban J connectivity index is 4.00. The van der Waals surface area contributed by atoms with Crippen LogP contribution in [0.3, 0.4) is 0 Å². The summed E-state index contributed by atoms with van der Waals surface area (Å²) in [6.45, 7) is 5.14. The zero-order chi connectivity index (χ0) is 9.02. The molecule has 0 radical (unpaired) electrons. The molecule has 3 atom stereocenters. The van der Waals surface area contributed by atoms with Gasteiger partial charge in [0.25, 0.3) is 0 Å². The molecule has 0 saturated carbocycles. The second-order valence-electron chi connectivity index (χ2n) is 2.90. The van der Waals surface area contributed by atoms with Gasteiger partial charge >= 0.3 is 0 Å². The zero-order valence-electron chi connectivity index (χ0n) is 7.15. The Morgan fingerprint density at radius 3 is 2.27 bits per heavy atom. The Labute approximate surface area is 66.4 Å². The Morgan fingerprint density at radius 1 is 1.55 bits per heavy atom. The third kappa shape index (κ3) is 2.84. The quantitative estimate of drug-likeness (QED) is 0.495. The van der Waals surface area contributed by atoms with Gasteiger partial charge < -0.3 is 5.11 Å². The van der Waals surface area contributed by atoms with E-state index in [9.17, 15) is 15.2 Å². The van der Waals surface area contributed by atoms with E-state index >= 15 is 0 Å². The first-order chi connectivity index (χ1) is 5.00. The minimum absolute atomic E-state index is 0.00426. The summed E-state index contributed by atoms with van der Waals surface area (Å²) in [5.41, 5.74) is 0. The van der Waals surface area contributed by atoms with Crippen molar-refractivity contribution < 1.29 is 10.0 Å². The summed E-state index contributed by atoms with van der Waals surface area (Å²) < 4.78 is 0. The first-order valence-electron chi connectivity index (χ1n) is 3.82. The van der Waals surface area contributed by atoms with Gasteiger partial charge in [-0.15, -0.1) is 0 Å². The fourth-order valence-corrected chi connectivity index (χ4v) is 0.842. The lowest BCUT2D eigenvalue weighted by Gasteiger charge is -2.17. The van der Waals surface area contributed by atoms with E-state index in [1.807, 2.05) is 13.8 Å². The van der Waals surface area contributed by atoms with Gasteiger partial charge in [-0.05, 0) is 5.92 Å². The first kappa shape index (κ1) is 10.4. The van der Waals surface area contributed by atoms with Gasteiger partial charge in [-0.3, -0.25) is 10.1 Å². The summed E-state index contributed by atoms with van der Waals surface area (Å²) in [7, 11) is 0. The van der Waals surface area contributed by atoms with Crippen LogP contribution in [0.25, 0.3) is 0 Å². The van der Waals surface area contributed by atoms with Gasteiger partial charge in [-0.1, -0.05) is 20.3 Å². The fourth-order valence-electron chi connectivity index (χ4n) is 0.842. The van der Waals surface area contributed by atoms with E-state index in [2.05, 4.69) is 0 Å². The van der Waals surface area contributed by atoms with Crippen LogP contribution in [0.15, 0.2) is 0 Å². The maximum absolute atomic E-state index is 10.2. The highest BCUT2D eigenvalue weighted by Crippen LogP contribution is 2.12. The van der Waals surface area contributed by atoms with Crippen molar-refractivity contribution in [1.29, 1.82) is 0 Å². The number of aliphatic hydroxyl groups is 1. The molecule has 4 heteroatoms. The average molecular weight is 161 g/mol. The van der Waals surface area contributed by atoms with Crippen molar-refractivity contribution in [1.82, 2.24) is 0 Å². The van der Waals surface area contributed by atoms with Crippen molar-refractivity contribution in [3.8, 4) is 0 Å². The average Bonchev–Trinajstić information content (AvgIpc) is 2.00. The molecule has 0 aliphatic carbocycles. The van der Waals surface area contributed by atoms with E-state index in [1.165, 1.54) is 6.92 Å². The van der Waals surface area contributed by atoms with Gasteiger partial charge in [0, 0.05) is 11.8 Å². The summed E-state index contributed by atoms with van der Waals surface area (Å²) in [5, 5.41) is 19.5. The van der Waals surface area contributed by atoms with Crippen molar-refractivity contribution >= 4 is 0 Å². The molecule has 0 amide bonds. The van der Waals surface area contributed by atoms with Crippen LogP contribution in [0.4, 0.5) is 0 Å². The molecule has 0 rings (SSSR count). The molecule has 0 heterocycles. The van der Waals surface area contributed by atoms with Crippen molar-refractivity contribution in [2.45, 2.75) is 39.3 Å². The molecule has 0 aromatic carbocycles. The lowest BCUT2D eigenvalue weighted by molar-refractivity contribution is -0.531. The maximum Gasteiger partial charge on any atom is 0.236 e. The SMILES string of the molecule is CCC(C)[C@H](O)[C@H](C)[N+](=O)[O-]. The predicted octanol–water partition coefficient (Wildman–Crippen LogP) is 1.06. The van der Waals surface area contributed by atoms with Gasteiger partial charge in [0.1, 0.15) is 6.10 Å². The summed E-state index contributed by atoms with van der Waals surface area (Å²) in [5.74, 6) is -0.00426. The fraction of sp³-hybridized carbons (Fsp3) is 1.00.